The van der Waals surface area contributed by atoms with Crippen LogP contribution in [0.3, 0.4) is 0 Å². The molecular weight excluding hydrogens is 462 g/mol. The van der Waals surface area contributed by atoms with Crippen LogP contribution in [-0.2, 0) is 0 Å². The molecule has 0 saturated carbocycles. The minimum atomic E-state index is 0.145. The van der Waals surface area contributed by atoms with Gasteiger partial charge in [0, 0.05) is 35.2 Å². The summed E-state index contributed by atoms with van der Waals surface area (Å²) in [7, 11) is 0. The molecule has 3 heterocycles. The van der Waals surface area contributed by atoms with Crippen LogP contribution in [0.15, 0.2) is 75.7 Å². The predicted octanol–water partition coefficient (Wildman–Crippen LogP) is 6.45. The fraction of sp³-hybridized carbons (Fsp3) is 0.185. The monoisotopic (exact) mass is 481 g/mol. The molecule has 0 radical (unpaired) electrons. The van der Waals surface area contributed by atoms with Gasteiger partial charge in [-0.25, -0.2) is 0 Å². The molecule has 1 aliphatic heterocycles. The highest BCUT2D eigenvalue weighted by atomic mass is 35.5. The van der Waals surface area contributed by atoms with E-state index in [-0.39, 0.29) is 11.6 Å². The van der Waals surface area contributed by atoms with Crippen molar-refractivity contribution < 1.29 is 8.94 Å². The van der Waals surface area contributed by atoms with Gasteiger partial charge < -0.3 is 13.8 Å². The lowest BCUT2D eigenvalue weighted by Gasteiger charge is -2.29. The molecule has 8 heteroatoms. The second-order valence-corrected chi connectivity index (χ2v) is 8.97. The number of nitrogens with zero attached hydrogens (tertiary/aromatic N) is 5. The topological polar surface area (TPSA) is 92.0 Å². The maximum atomic E-state index is 9.62. The first-order valence-electron chi connectivity index (χ1n) is 11.4. The van der Waals surface area contributed by atoms with E-state index < -0.39 is 0 Å². The van der Waals surface area contributed by atoms with E-state index in [2.05, 4.69) is 39.3 Å². The first kappa shape index (κ1) is 21.4. The van der Waals surface area contributed by atoms with Crippen molar-refractivity contribution in [3.8, 4) is 28.9 Å². The van der Waals surface area contributed by atoms with Gasteiger partial charge in [0.05, 0.1) is 0 Å². The Bertz CT molecular complexity index is 1540. The van der Waals surface area contributed by atoms with E-state index in [0.717, 1.165) is 34.7 Å². The maximum absolute atomic E-state index is 9.62. The van der Waals surface area contributed by atoms with E-state index >= 15 is 0 Å². The van der Waals surface area contributed by atoms with Crippen molar-refractivity contribution >= 4 is 28.3 Å². The lowest BCUT2D eigenvalue weighted by molar-refractivity contribution is 0.327. The number of anilines is 1. The van der Waals surface area contributed by atoms with E-state index in [4.69, 9.17) is 25.5 Å². The van der Waals surface area contributed by atoms with Crippen molar-refractivity contribution in [1.29, 1.82) is 5.26 Å². The Balaban J connectivity index is 1.19. The van der Waals surface area contributed by atoms with Crippen LogP contribution in [-0.4, -0.2) is 28.2 Å². The summed E-state index contributed by atoms with van der Waals surface area (Å²) in [4.78, 5) is 11.2. The number of rotatable bonds is 4. The number of hydrogen-bond donors (Lipinski definition) is 0. The molecule has 6 rings (SSSR count). The summed E-state index contributed by atoms with van der Waals surface area (Å²) in [6, 6.07) is 23.6. The summed E-state index contributed by atoms with van der Waals surface area (Å²) >= 11 is 5.98. The standard InChI is InChI=1S/C27H20ClN5O2/c28-20-10-8-18(9-11-20)25-30-23(16-29)27(34-25)33-14-12-19(13-15-33)26-31-24(32-35-26)22-7-3-5-17-4-1-2-6-21(17)22/h1-11,19H,12-15H2. The summed E-state index contributed by atoms with van der Waals surface area (Å²) in [5.74, 6) is 2.30. The third kappa shape index (κ3) is 4.02. The molecule has 5 aromatic rings. The number of piperidine rings is 1. The zero-order valence-corrected chi connectivity index (χ0v) is 19.4. The Morgan fingerprint density at radius 2 is 1.71 bits per heavy atom. The molecule has 35 heavy (non-hydrogen) atoms. The van der Waals surface area contributed by atoms with Crippen molar-refractivity contribution in [2.75, 3.05) is 18.0 Å². The largest absolute Gasteiger partial charge is 0.419 e. The lowest BCUT2D eigenvalue weighted by atomic mass is 9.96. The van der Waals surface area contributed by atoms with E-state index in [1.54, 1.807) is 12.1 Å². The van der Waals surface area contributed by atoms with Crippen LogP contribution in [0.2, 0.25) is 5.02 Å². The number of halogens is 1. The fourth-order valence-electron chi connectivity index (χ4n) is 4.58. The van der Waals surface area contributed by atoms with Crippen molar-refractivity contribution in [1.82, 2.24) is 15.1 Å². The van der Waals surface area contributed by atoms with Gasteiger partial charge in [0.2, 0.25) is 29.2 Å². The van der Waals surface area contributed by atoms with Gasteiger partial charge in [0.15, 0.2) is 0 Å². The van der Waals surface area contributed by atoms with Gasteiger partial charge in [0.1, 0.15) is 6.07 Å². The van der Waals surface area contributed by atoms with E-state index in [1.165, 1.54) is 0 Å². The van der Waals surface area contributed by atoms with Crippen molar-refractivity contribution in [2.24, 2.45) is 0 Å². The molecule has 0 spiro atoms. The minimum Gasteiger partial charge on any atom is -0.419 e. The molecule has 1 saturated heterocycles. The molecule has 172 valence electrons. The normalized spacial score (nSPS) is 14.3. The summed E-state index contributed by atoms with van der Waals surface area (Å²) in [5.41, 5.74) is 2.02. The molecular formula is C27H20ClN5O2. The van der Waals surface area contributed by atoms with Gasteiger partial charge in [-0.3, -0.25) is 0 Å². The number of hydrogen-bond acceptors (Lipinski definition) is 7. The molecule has 0 amide bonds. The smallest absolute Gasteiger partial charge is 0.235 e. The molecule has 1 fully saturated rings. The van der Waals surface area contributed by atoms with Gasteiger partial charge in [0.25, 0.3) is 0 Å². The van der Waals surface area contributed by atoms with E-state index in [1.807, 2.05) is 36.4 Å². The summed E-state index contributed by atoms with van der Waals surface area (Å²) < 4.78 is 11.7. The summed E-state index contributed by atoms with van der Waals surface area (Å²) in [6.45, 7) is 1.39. The summed E-state index contributed by atoms with van der Waals surface area (Å²) in [6.07, 6.45) is 1.61. The average Bonchev–Trinajstić information content (AvgIpc) is 3.57. The number of nitriles is 1. The Morgan fingerprint density at radius 1 is 0.943 bits per heavy atom. The van der Waals surface area contributed by atoms with Crippen LogP contribution in [0.4, 0.5) is 5.88 Å². The Morgan fingerprint density at radius 3 is 2.51 bits per heavy atom. The Labute approximate surface area is 206 Å². The molecule has 2 aromatic heterocycles. The van der Waals surface area contributed by atoms with Crippen LogP contribution in [0.1, 0.15) is 30.3 Å². The molecule has 0 bridgehead atoms. The first-order chi connectivity index (χ1) is 17.2. The SMILES string of the molecule is N#Cc1nc(-c2ccc(Cl)cc2)oc1N1CCC(c2nc(-c3cccc4ccccc34)no2)CC1. The molecule has 0 N–H and O–H groups in total. The first-order valence-corrected chi connectivity index (χ1v) is 11.8. The Kier molecular flexibility index (Phi) is 5.44. The van der Waals surface area contributed by atoms with E-state index in [9.17, 15) is 5.26 Å². The fourth-order valence-corrected chi connectivity index (χ4v) is 4.70. The van der Waals surface area contributed by atoms with Crippen LogP contribution >= 0.6 is 11.6 Å². The molecule has 0 atom stereocenters. The zero-order valence-electron chi connectivity index (χ0n) is 18.7. The molecule has 7 nitrogen and oxygen atoms in total. The van der Waals surface area contributed by atoms with Crippen LogP contribution in [0.25, 0.3) is 33.6 Å². The minimum absolute atomic E-state index is 0.145. The number of fused-ring (bicyclic) bond motifs is 1. The van der Waals surface area contributed by atoms with Crippen LogP contribution in [0, 0.1) is 11.3 Å². The second-order valence-electron chi connectivity index (χ2n) is 8.54. The third-order valence-corrected chi connectivity index (χ3v) is 6.66. The van der Waals surface area contributed by atoms with Gasteiger partial charge in [-0.2, -0.15) is 15.2 Å². The predicted molar refractivity (Wildman–Crippen MR) is 133 cm³/mol. The third-order valence-electron chi connectivity index (χ3n) is 6.41. The second kappa shape index (κ2) is 8.90. The average molecular weight is 482 g/mol. The molecule has 0 aliphatic carbocycles. The number of oxazole rings is 1. The van der Waals surface area contributed by atoms with Gasteiger partial charge in [-0.15, -0.1) is 0 Å². The van der Waals surface area contributed by atoms with Crippen LogP contribution in [0.5, 0.6) is 0 Å². The van der Waals surface area contributed by atoms with Crippen molar-refractivity contribution in [3.63, 3.8) is 0 Å². The maximum Gasteiger partial charge on any atom is 0.235 e. The molecule has 0 unspecified atom stereocenters. The lowest BCUT2D eigenvalue weighted by Crippen LogP contribution is -2.33. The number of benzene rings is 3. The van der Waals surface area contributed by atoms with Crippen molar-refractivity contribution in [2.45, 2.75) is 18.8 Å². The highest BCUT2D eigenvalue weighted by molar-refractivity contribution is 6.30. The van der Waals surface area contributed by atoms with Crippen molar-refractivity contribution in [3.05, 3.63) is 83.3 Å². The highest BCUT2D eigenvalue weighted by Crippen LogP contribution is 2.35. The quantitative estimate of drug-likeness (QED) is 0.291. The van der Waals surface area contributed by atoms with E-state index in [0.29, 0.717) is 41.6 Å². The Hall–Kier alpha value is -4.15. The zero-order chi connectivity index (χ0) is 23.8. The number of aromatic nitrogens is 3. The van der Waals surface area contributed by atoms with Gasteiger partial charge in [-0.1, -0.05) is 59.2 Å². The molecule has 3 aromatic carbocycles. The van der Waals surface area contributed by atoms with Gasteiger partial charge in [-0.05, 0) is 47.9 Å². The van der Waals surface area contributed by atoms with Crippen LogP contribution < -0.4 is 4.90 Å². The summed E-state index contributed by atoms with van der Waals surface area (Å²) in [5, 5.41) is 16.8. The van der Waals surface area contributed by atoms with Gasteiger partial charge >= 0.3 is 0 Å². The highest BCUT2D eigenvalue weighted by Gasteiger charge is 2.29. The molecule has 1 aliphatic rings.